The summed E-state index contributed by atoms with van der Waals surface area (Å²) in [6, 6.07) is 17.2. The third-order valence-electron chi connectivity index (χ3n) is 3.57. The Hall–Kier alpha value is -3.87. The number of para-hydroxylation sites is 1. The monoisotopic (exact) mass is 362 g/mol. The molecule has 0 saturated carbocycles. The zero-order valence-corrected chi connectivity index (χ0v) is 14.1. The van der Waals surface area contributed by atoms with Crippen molar-refractivity contribution < 1.29 is 14.0 Å². The summed E-state index contributed by atoms with van der Waals surface area (Å²) in [4.78, 5) is 28.6. The van der Waals surface area contributed by atoms with Gasteiger partial charge >= 0.3 is 0 Å². The standard InChI is InChI=1S/C20H15FN4O2/c21-15-10-8-14(9-11-15)13-23-25-19(26)16-5-1-2-6-17(16)24-20(27)18-7-3-4-12-22-18/h1-13H,(H,24,27)(H,25,26). The molecule has 2 amide bonds. The third-order valence-corrected chi connectivity index (χ3v) is 3.57. The second-order valence-electron chi connectivity index (χ2n) is 5.47. The van der Waals surface area contributed by atoms with Crippen molar-refractivity contribution in [3.63, 3.8) is 0 Å². The van der Waals surface area contributed by atoms with Crippen LogP contribution in [0.25, 0.3) is 0 Å². The highest BCUT2D eigenvalue weighted by molar-refractivity contribution is 6.08. The Morgan fingerprint density at radius 3 is 2.41 bits per heavy atom. The molecule has 0 aliphatic carbocycles. The Labute approximate surface area is 154 Å². The fraction of sp³-hybridized carbons (Fsp3) is 0. The maximum Gasteiger partial charge on any atom is 0.274 e. The summed E-state index contributed by atoms with van der Waals surface area (Å²) in [5.74, 6) is -1.27. The average molecular weight is 362 g/mol. The first-order valence-electron chi connectivity index (χ1n) is 8.04. The van der Waals surface area contributed by atoms with E-state index in [9.17, 15) is 14.0 Å². The second-order valence-corrected chi connectivity index (χ2v) is 5.47. The molecular weight excluding hydrogens is 347 g/mol. The number of hydrogen-bond donors (Lipinski definition) is 2. The third kappa shape index (κ3) is 4.82. The normalized spacial score (nSPS) is 10.6. The predicted molar refractivity (Wildman–Crippen MR) is 100 cm³/mol. The van der Waals surface area contributed by atoms with E-state index in [0.717, 1.165) is 0 Å². The zero-order chi connectivity index (χ0) is 19.1. The quantitative estimate of drug-likeness (QED) is 0.540. The number of amides is 2. The highest BCUT2D eigenvalue weighted by Gasteiger charge is 2.14. The molecule has 0 bridgehead atoms. The summed E-state index contributed by atoms with van der Waals surface area (Å²) in [5.41, 5.74) is 3.84. The lowest BCUT2D eigenvalue weighted by Gasteiger charge is -2.09. The molecule has 2 N–H and O–H groups in total. The maximum absolute atomic E-state index is 12.9. The molecule has 0 spiro atoms. The Morgan fingerprint density at radius 2 is 1.67 bits per heavy atom. The Kier molecular flexibility index (Phi) is 5.64. The van der Waals surface area contributed by atoms with Crippen molar-refractivity contribution in [1.29, 1.82) is 0 Å². The van der Waals surface area contributed by atoms with E-state index in [1.54, 1.807) is 42.5 Å². The van der Waals surface area contributed by atoms with Crippen LogP contribution in [-0.2, 0) is 0 Å². The number of hydrogen-bond acceptors (Lipinski definition) is 4. The van der Waals surface area contributed by atoms with Crippen molar-refractivity contribution >= 4 is 23.7 Å². The smallest absolute Gasteiger partial charge is 0.274 e. The van der Waals surface area contributed by atoms with Gasteiger partial charge in [0.15, 0.2) is 0 Å². The number of carbonyl (C=O) groups excluding carboxylic acids is 2. The van der Waals surface area contributed by atoms with E-state index in [0.29, 0.717) is 11.3 Å². The number of benzene rings is 2. The molecule has 0 atom stereocenters. The van der Waals surface area contributed by atoms with Crippen LogP contribution >= 0.6 is 0 Å². The topological polar surface area (TPSA) is 83.5 Å². The van der Waals surface area contributed by atoms with Gasteiger partial charge in [0.05, 0.1) is 17.5 Å². The van der Waals surface area contributed by atoms with E-state index in [2.05, 4.69) is 20.8 Å². The van der Waals surface area contributed by atoms with Crippen LogP contribution in [0.15, 0.2) is 78.0 Å². The Balaban J connectivity index is 1.70. The summed E-state index contributed by atoms with van der Waals surface area (Å²) < 4.78 is 12.9. The second kappa shape index (κ2) is 8.48. The van der Waals surface area contributed by atoms with Gasteiger partial charge in [-0.15, -0.1) is 0 Å². The predicted octanol–water partition coefficient (Wildman–Crippen LogP) is 3.24. The molecule has 3 aromatic rings. The van der Waals surface area contributed by atoms with E-state index in [-0.39, 0.29) is 17.1 Å². The molecule has 0 unspecified atom stereocenters. The van der Waals surface area contributed by atoms with Crippen LogP contribution in [0, 0.1) is 5.82 Å². The summed E-state index contributed by atoms with van der Waals surface area (Å²) in [7, 11) is 0. The van der Waals surface area contributed by atoms with Crippen LogP contribution in [-0.4, -0.2) is 23.0 Å². The number of aromatic nitrogens is 1. The van der Waals surface area contributed by atoms with Crippen molar-refractivity contribution in [3.8, 4) is 0 Å². The summed E-state index contributed by atoms with van der Waals surface area (Å²) in [6.45, 7) is 0. The molecule has 6 nitrogen and oxygen atoms in total. The molecular formula is C20H15FN4O2. The lowest BCUT2D eigenvalue weighted by molar-refractivity contribution is 0.0956. The van der Waals surface area contributed by atoms with Gasteiger partial charge in [-0.25, -0.2) is 9.82 Å². The number of carbonyl (C=O) groups is 2. The summed E-state index contributed by atoms with van der Waals surface area (Å²) in [6.07, 6.45) is 2.91. The van der Waals surface area contributed by atoms with Gasteiger partial charge in [0.2, 0.25) is 0 Å². The Morgan fingerprint density at radius 1 is 0.926 bits per heavy atom. The number of hydrazone groups is 1. The molecule has 0 aliphatic heterocycles. The van der Waals surface area contributed by atoms with Crippen molar-refractivity contribution in [2.75, 3.05) is 5.32 Å². The van der Waals surface area contributed by atoms with Gasteiger partial charge in [0, 0.05) is 6.20 Å². The lowest BCUT2D eigenvalue weighted by atomic mass is 10.1. The largest absolute Gasteiger partial charge is 0.320 e. The van der Waals surface area contributed by atoms with Crippen molar-refractivity contribution in [1.82, 2.24) is 10.4 Å². The Bertz CT molecular complexity index is 973. The van der Waals surface area contributed by atoms with Gasteiger partial charge in [0.25, 0.3) is 11.8 Å². The van der Waals surface area contributed by atoms with Crippen LogP contribution in [0.2, 0.25) is 0 Å². The number of nitrogens with zero attached hydrogens (tertiary/aromatic N) is 2. The number of nitrogens with one attached hydrogen (secondary N) is 2. The fourth-order valence-corrected chi connectivity index (χ4v) is 2.25. The van der Waals surface area contributed by atoms with Crippen LogP contribution in [0.1, 0.15) is 26.4 Å². The molecule has 3 rings (SSSR count). The highest BCUT2D eigenvalue weighted by atomic mass is 19.1. The molecule has 2 aromatic carbocycles. The van der Waals surface area contributed by atoms with E-state index >= 15 is 0 Å². The summed E-state index contributed by atoms with van der Waals surface area (Å²) >= 11 is 0. The van der Waals surface area contributed by atoms with Gasteiger partial charge in [-0.1, -0.05) is 30.3 Å². The van der Waals surface area contributed by atoms with E-state index in [1.165, 1.54) is 36.7 Å². The minimum Gasteiger partial charge on any atom is -0.320 e. The molecule has 0 fully saturated rings. The molecule has 0 aliphatic rings. The van der Waals surface area contributed by atoms with Crippen LogP contribution in [0.5, 0.6) is 0 Å². The van der Waals surface area contributed by atoms with Gasteiger partial charge in [-0.3, -0.25) is 14.6 Å². The van der Waals surface area contributed by atoms with Crippen molar-refractivity contribution in [3.05, 3.63) is 95.6 Å². The number of anilines is 1. The van der Waals surface area contributed by atoms with E-state index < -0.39 is 11.8 Å². The molecule has 134 valence electrons. The lowest BCUT2D eigenvalue weighted by Crippen LogP contribution is -2.21. The SMILES string of the molecule is O=C(Nc1ccccc1C(=O)NN=Cc1ccc(F)cc1)c1ccccn1. The van der Waals surface area contributed by atoms with Gasteiger partial charge in [-0.05, 0) is 42.0 Å². The minimum absolute atomic E-state index is 0.238. The molecule has 0 saturated heterocycles. The average Bonchev–Trinajstić information content (AvgIpc) is 2.70. The number of halogens is 1. The summed E-state index contributed by atoms with van der Waals surface area (Å²) in [5, 5.41) is 6.52. The van der Waals surface area contributed by atoms with Crippen LogP contribution < -0.4 is 10.7 Å². The number of rotatable bonds is 5. The van der Waals surface area contributed by atoms with Gasteiger partial charge in [0.1, 0.15) is 11.5 Å². The molecule has 0 radical (unpaired) electrons. The number of pyridine rings is 1. The van der Waals surface area contributed by atoms with E-state index in [1.807, 2.05) is 0 Å². The molecule has 1 heterocycles. The molecule has 7 heteroatoms. The first-order valence-corrected chi connectivity index (χ1v) is 8.04. The van der Waals surface area contributed by atoms with Crippen molar-refractivity contribution in [2.45, 2.75) is 0 Å². The highest BCUT2D eigenvalue weighted by Crippen LogP contribution is 2.16. The van der Waals surface area contributed by atoms with Crippen molar-refractivity contribution in [2.24, 2.45) is 5.10 Å². The van der Waals surface area contributed by atoms with Crippen LogP contribution in [0.3, 0.4) is 0 Å². The first kappa shape index (κ1) is 17.9. The van der Waals surface area contributed by atoms with Gasteiger partial charge < -0.3 is 5.32 Å². The maximum atomic E-state index is 12.9. The zero-order valence-electron chi connectivity index (χ0n) is 14.1. The fourth-order valence-electron chi connectivity index (χ4n) is 2.25. The van der Waals surface area contributed by atoms with E-state index in [4.69, 9.17) is 0 Å². The first-order chi connectivity index (χ1) is 13.1. The van der Waals surface area contributed by atoms with Gasteiger partial charge in [-0.2, -0.15) is 5.10 Å². The molecule has 27 heavy (non-hydrogen) atoms. The minimum atomic E-state index is -0.495. The molecule has 1 aromatic heterocycles. The van der Waals surface area contributed by atoms with Crippen LogP contribution in [0.4, 0.5) is 10.1 Å².